The fraction of sp³-hybridized carbons (Fsp3) is 0.278. The second kappa shape index (κ2) is 6.01. The predicted octanol–water partition coefficient (Wildman–Crippen LogP) is 4.09. The molecule has 2 unspecified atom stereocenters. The molecule has 1 aliphatic heterocycles. The molecule has 2 aromatic rings. The monoisotopic (exact) mass is 315 g/mol. The van der Waals surface area contributed by atoms with Gasteiger partial charge >= 0.3 is 0 Å². The Balaban J connectivity index is 1.79. The number of fused-ring (bicyclic) bond motifs is 1. The molecule has 4 heteroatoms. The summed E-state index contributed by atoms with van der Waals surface area (Å²) < 4.78 is 5.76. The van der Waals surface area contributed by atoms with E-state index >= 15 is 0 Å². The van der Waals surface area contributed by atoms with Gasteiger partial charge in [0.25, 0.3) is 5.91 Å². The van der Waals surface area contributed by atoms with E-state index in [-0.39, 0.29) is 11.9 Å². The van der Waals surface area contributed by atoms with Crippen LogP contribution in [0.15, 0.2) is 48.5 Å². The lowest BCUT2D eigenvalue weighted by atomic mass is 10.1. The summed E-state index contributed by atoms with van der Waals surface area (Å²) in [6, 6.07) is 15.3. The summed E-state index contributed by atoms with van der Waals surface area (Å²) >= 11 is 5.95. The molecule has 22 heavy (non-hydrogen) atoms. The highest BCUT2D eigenvalue weighted by molar-refractivity contribution is 6.30. The van der Waals surface area contributed by atoms with Crippen LogP contribution in [-0.4, -0.2) is 18.1 Å². The van der Waals surface area contributed by atoms with Gasteiger partial charge in [0.05, 0.1) is 0 Å². The van der Waals surface area contributed by atoms with Crippen LogP contribution in [0.4, 0.5) is 5.69 Å². The number of carbonyl (C=O) groups is 1. The molecule has 1 heterocycles. The Kier molecular flexibility index (Phi) is 4.08. The van der Waals surface area contributed by atoms with Gasteiger partial charge < -0.3 is 9.64 Å². The summed E-state index contributed by atoms with van der Waals surface area (Å²) in [5, 5.41) is 0.594. The van der Waals surface area contributed by atoms with Crippen molar-refractivity contribution >= 4 is 23.2 Å². The zero-order chi connectivity index (χ0) is 15.7. The minimum absolute atomic E-state index is 0.0302. The van der Waals surface area contributed by atoms with Crippen molar-refractivity contribution in [3.8, 4) is 5.75 Å². The predicted molar refractivity (Wildman–Crippen MR) is 88.6 cm³/mol. The zero-order valence-electron chi connectivity index (χ0n) is 12.6. The highest BCUT2D eigenvalue weighted by atomic mass is 35.5. The Hall–Kier alpha value is -2.00. The maximum Gasteiger partial charge on any atom is 0.268 e. The Morgan fingerprint density at radius 1 is 1.27 bits per heavy atom. The molecule has 0 radical (unpaired) electrons. The third-order valence-corrected chi connectivity index (χ3v) is 4.14. The van der Waals surface area contributed by atoms with Crippen LogP contribution in [0.1, 0.15) is 19.4 Å². The first-order valence-corrected chi connectivity index (χ1v) is 7.77. The van der Waals surface area contributed by atoms with Gasteiger partial charge in [0, 0.05) is 16.8 Å². The van der Waals surface area contributed by atoms with E-state index in [1.54, 1.807) is 25.1 Å². The van der Waals surface area contributed by atoms with E-state index in [4.69, 9.17) is 16.3 Å². The normalized spacial score (nSPS) is 18.0. The molecular formula is C18H18ClNO2. The van der Waals surface area contributed by atoms with Gasteiger partial charge in [0.2, 0.25) is 0 Å². The highest BCUT2D eigenvalue weighted by Gasteiger charge is 2.33. The molecule has 0 aromatic heterocycles. The van der Waals surface area contributed by atoms with Crippen molar-refractivity contribution in [2.75, 3.05) is 4.90 Å². The van der Waals surface area contributed by atoms with E-state index in [1.165, 1.54) is 5.56 Å². The number of para-hydroxylation sites is 1. The highest BCUT2D eigenvalue weighted by Crippen LogP contribution is 2.32. The van der Waals surface area contributed by atoms with Gasteiger partial charge in [-0.05, 0) is 50.1 Å². The number of hydrogen-bond acceptors (Lipinski definition) is 2. The first-order valence-electron chi connectivity index (χ1n) is 7.39. The molecule has 0 fully saturated rings. The fourth-order valence-electron chi connectivity index (χ4n) is 2.89. The second-order valence-electron chi connectivity index (χ2n) is 5.61. The molecule has 0 bridgehead atoms. The van der Waals surface area contributed by atoms with E-state index in [9.17, 15) is 4.79 Å². The van der Waals surface area contributed by atoms with Gasteiger partial charge in [-0.3, -0.25) is 4.79 Å². The van der Waals surface area contributed by atoms with E-state index < -0.39 is 6.10 Å². The van der Waals surface area contributed by atoms with E-state index in [0.29, 0.717) is 10.8 Å². The lowest BCUT2D eigenvalue weighted by Crippen LogP contribution is -2.43. The van der Waals surface area contributed by atoms with Crippen molar-refractivity contribution in [2.45, 2.75) is 32.4 Å². The Morgan fingerprint density at radius 3 is 2.82 bits per heavy atom. The van der Waals surface area contributed by atoms with Gasteiger partial charge in [0.15, 0.2) is 6.10 Å². The fourth-order valence-corrected chi connectivity index (χ4v) is 3.07. The van der Waals surface area contributed by atoms with Crippen LogP contribution in [0.2, 0.25) is 5.02 Å². The molecule has 114 valence electrons. The van der Waals surface area contributed by atoms with Crippen molar-refractivity contribution < 1.29 is 9.53 Å². The van der Waals surface area contributed by atoms with E-state index in [1.807, 2.05) is 29.2 Å². The van der Waals surface area contributed by atoms with Crippen LogP contribution in [0, 0.1) is 0 Å². The number of hydrogen-bond donors (Lipinski definition) is 0. The Bertz CT molecular complexity index is 701. The van der Waals surface area contributed by atoms with Crippen LogP contribution in [0.5, 0.6) is 5.75 Å². The van der Waals surface area contributed by atoms with Gasteiger partial charge in [-0.2, -0.15) is 0 Å². The molecule has 0 aliphatic carbocycles. The number of halogens is 1. The average molecular weight is 316 g/mol. The molecule has 0 saturated heterocycles. The molecule has 0 spiro atoms. The van der Waals surface area contributed by atoms with E-state index in [2.05, 4.69) is 13.0 Å². The number of nitrogens with zero attached hydrogens (tertiary/aromatic N) is 1. The summed E-state index contributed by atoms with van der Waals surface area (Å²) in [6.45, 7) is 3.83. The minimum Gasteiger partial charge on any atom is -0.481 e. The van der Waals surface area contributed by atoms with Gasteiger partial charge in [-0.15, -0.1) is 0 Å². The second-order valence-corrected chi connectivity index (χ2v) is 6.04. The van der Waals surface area contributed by atoms with Crippen molar-refractivity contribution in [1.29, 1.82) is 0 Å². The molecule has 0 saturated carbocycles. The maximum absolute atomic E-state index is 12.8. The van der Waals surface area contributed by atoms with Crippen LogP contribution in [-0.2, 0) is 11.2 Å². The van der Waals surface area contributed by atoms with Gasteiger partial charge in [-0.1, -0.05) is 35.9 Å². The number of rotatable bonds is 3. The number of benzene rings is 2. The SMILES string of the molecule is CC(Oc1cccc(Cl)c1)C(=O)N1c2ccccc2CC1C. The number of anilines is 1. The minimum atomic E-state index is -0.563. The molecule has 3 rings (SSSR count). The summed E-state index contributed by atoms with van der Waals surface area (Å²) in [5.41, 5.74) is 2.19. The zero-order valence-corrected chi connectivity index (χ0v) is 13.4. The Labute approximate surface area is 135 Å². The standard InChI is InChI=1S/C18H18ClNO2/c1-12-10-14-6-3-4-9-17(14)20(12)18(21)13(2)22-16-8-5-7-15(19)11-16/h3-9,11-13H,10H2,1-2H3. The summed E-state index contributed by atoms with van der Waals surface area (Å²) in [4.78, 5) is 14.6. The third kappa shape index (κ3) is 2.81. The Morgan fingerprint density at radius 2 is 2.05 bits per heavy atom. The van der Waals surface area contributed by atoms with Gasteiger partial charge in [0.1, 0.15) is 5.75 Å². The number of amides is 1. The van der Waals surface area contributed by atoms with Crippen molar-refractivity contribution in [3.63, 3.8) is 0 Å². The molecular weight excluding hydrogens is 298 g/mol. The summed E-state index contributed by atoms with van der Waals surface area (Å²) in [7, 11) is 0. The van der Waals surface area contributed by atoms with Crippen molar-refractivity contribution in [1.82, 2.24) is 0 Å². The first kappa shape index (κ1) is 14.9. The third-order valence-electron chi connectivity index (χ3n) is 3.90. The number of carbonyl (C=O) groups excluding carboxylic acids is 1. The lowest BCUT2D eigenvalue weighted by molar-refractivity contribution is -0.124. The van der Waals surface area contributed by atoms with E-state index in [0.717, 1.165) is 12.1 Å². The molecule has 1 amide bonds. The quantitative estimate of drug-likeness (QED) is 0.854. The molecule has 1 aliphatic rings. The largest absolute Gasteiger partial charge is 0.481 e. The van der Waals surface area contributed by atoms with Crippen LogP contribution in [0.3, 0.4) is 0 Å². The summed E-state index contributed by atoms with van der Waals surface area (Å²) in [5.74, 6) is 0.575. The molecule has 2 atom stereocenters. The summed E-state index contributed by atoms with van der Waals surface area (Å²) in [6.07, 6.45) is 0.318. The van der Waals surface area contributed by atoms with Crippen molar-refractivity contribution in [2.24, 2.45) is 0 Å². The smallest absolute Gasteiger partial charge is 0.268 e. The van der Waals surface area contributed by atoms with Crippen LogP contribution >= 0.6 is 11.6 Å². The average Bonchev–Trinajstić information content (AvgIpc) is 2.82. The lowest BCUT2D eigenvalue weighted by Gasteiger charge is -2.26. The van der Waals surface area contributed by atoms with Crippen LogP contribution < -0.4 is 9.64 Å². The van der Waals surface area contributed by atoms with Crippen molar-refractivity contribution in [3.05, 3.63) is 59.1 Å². The first-order chi connectivity index (χ1) is 10.6. The number of ether oxygens (including phenoxy) is 1. The molecule has 0 N–H and O–H groups in total. The molecule has 2 aromatic carbocycles. The topological polar surface area (TPSA) is 29.5 Å². The molecule has 3 nitrogen and oxygen atoms in total. The van der Waals surface area contributed by atoms with Gasteiger partial charge in [-0.25, -0.2) is 0 Å². The van der Waals surface area contributed by atoms with Crippen LogP contribution in [0.25, 0.3) is 0 Å². The maximum atomic E-state index is 12.8.